The monoisotopic (exact) mass is 324 g/mol. The average molecular weight is 324 g/mol. The van der Waals surface area contributed by atoms with E-state index in [0.717, 1.165) is 19.6 Å². The van der Waals surface area contributed by atoms with Crippen LogP contribution in [0.25, 0.3) is 0 Å². The fourth-order valence-corrected chi connectivity index (χ4v) is 4.50. The molecule has 2 saturated heterocycles. The third-order valence-electron chi connectivity index (χ3n) is 5.57. The zero-order chi connectivity index (χ0) is 16.5. The second kappa shape index (κ2) is 6.66. The molecule has 0 amide bonds. The highest BCUT2D eigenvalue weighted by molar-refractivity contribution is 5.27. The quantitative estimate of drug-likeness (QED) is 0.922. The number of aryl methyl sites for hydroxylation is 1. The molecule has 3 atom stereocenters. The van der Waals surface area contributed by atoms with Crippen molar-refractivity contribution in [2.75, 3.05) is 13.1 Å². The van der Waals surface area contributed by atoms with Gasteiger partial charge in [-0.25, -0.2) is 4.39 Å². The zero-order valence-corrected chi connectivity index (χ0v) is 14.2. The molecule has 2 aliphatic rings. The SMILES string of the molecule is Cc1cccc(CN2CCC[C@H]3NC[C@H](c4ccc(F)cc4)[C@H]32)c1. The summed E-state index contributed by atoms with van der Waals surface area (Å²) in [6.45, 7) is 5.29. The first-order chi connectivity index (χ1) is 11.7. The summed E-state index contributed by atoms with van der Waals surface area (Å²) in [7, 11) is 0. The van der Waals surface area contributed by atoms with Gasteiger partial charge in [0.2, 0.25) is 0 Å². The molecule has 2 aromatic rings. The molecule has 3 heteroatoms. The summed E-state index contributed by atoms with van der Waals surface area (Å²) >= 11 is 0. The van der Waals surface area contributed by atoms with Crippen molar-refractivity contribution < 1.29 is 4.39 Å². The Labute approximate surface area is 143 Å². The Balaban J connectivity index is 1.58. The van der Waals surface area contributed by atoms with Gasteiger partial charge in [0.25, 0.3) is 0 Å². The lowest BCUT2D eigenvalue weighted by Gasteiger charge is -2.40. The van der Waals surface area contributed by atoms with Crippen molar-refractivity contribution >= 4 is 0 Å². The molecule has 24 heavy (non-hydrogen) atoms. The molecule has 126 valence electrons. The van der Waals surface area contributed by atoms with Gasteiger partial charge in [0, 0.05) is 31.1 Å². The number of likely N-dealkylation sites (tertiary alicyclic amines) is 1. The van der Waals surface area contributed by atoms with Crippen LogP contribution in [0.1, 0.15) is 35.4 Å². The smallest absolute Gasteiger partial charge is 0.123 e. The molecule has 2 nitrogen and oxygen atoms in total. The molecule has 2 aromatic carbocycles. The van der Waals surface area contributed by atoms with Crippen LogP contribution in [0.3, 0.4) is 0 Å². The highest BCUT2D eigenvalue weighted by Crippen LogP contribution is 2.35. The molecular weight excluding hydrogens is 299 g/mol. The first kappa shape index (κ1) is 15.8. The Hall–Kier alpha value is -1.71. The number of halogens is 1. The predicted octanol–water partition coefficient (Wildman–Crippen LogP) is 3.85. The minimum Gasteiger partial charge on any atom is -0.312 e. The van der Waals surface area contributed by atoms with Gasteiger partial charge < -0.3 is 5.32 Å². The molecule has 4 rings (SSSR count). The summed E-state index contributed by atoms with van der Waals surface area (Å²) in [6.07, 6.45) is 2.49. The lowest BCUT2D eigenvalue weighted by Crippen LogP contribution is -2.49. The lowest BCUT2D eigenvalue weighted by molar-refractivity contribution is 0.120. The van der Waals surface area contributed by atoms with E-state index >= 15 is 0 Å². The van der Waals surface area contributed by atoms with Crippen LogP contribution in [-0.4, -0.2) is 30.1 Å². The standard InChI is InChI=1S/C21H25FN2/c1-15-4-2-5-16(12-15)14-24-11-3-6-20-21(24)19(13-23-20)17-7-9-18(22)10-8-17/h2,4-5,7-10,12,19-21,23H,3,6,11,13-14H2,1H3/t19-,20-,21-/m1/s1. The second-order valence-electron chi connectivity index (χ2n) is 7.27. The third-order valence-corrected chi connectivity index (χ3v) is 5.57. The summed E-state index contributed by atoms with van der Waals surface area (Å²) in [4.78, 5) is 2.64. The van der Waals surface area contributed by atoms with Gasteiger partial charge in [-0.2, -0.15) is 0 Å². The number of rotatable bonds is 3. The first-order valence-electron chi connectivity index (χ1n) is 8.99. The summed E-state index contributed by atoms with van der Waals surface area (Å²) in [5.41, 5.74) is 3.97. The van der Waals surface area contributed by atoms with Crippen LogP contribution in [0.2, 0.25) is 0 Å². The number of hydrogen-bond acceptors (Lipinski definition) is 2. The zero-order valence-electron chi connectivity index (χ0n) is 14.2. The van der Waals surface area contributed by atoms with Crippen LogP contribution in [0.15, 0.2) is 48.5 Å². The van der Waals surface area contributed by atoms with Gasteiger partial charge in [-0.15, -0.1) is 0 Å². The van der Waals surface area contributed by atoms with E-state index in [1.165, 1.54) is 29.5 Å². The van der Waals surface area contributed by atoms with E-state index in [1.807, 2.05) is 12.1 Å². The molecule has 0 unspecified atom stereocenters. The number of nitrogens with zero attached hydrogens (tertiary/aromatic N) is 1. The van der Waals surface area contributed by atoms with Gasteiger partial charge in [-0.05, 0) is 49.6 Å². The van der Waals surface area contributed by atoms with Crippen LogP contribution >= 0.6 is 0 Å². The Morgan fingerprint density at radius 1 is 1.17 bits per heavy atom. The molecule has 0 radical (unpaired) electrons. The summed E-state index contributed by atoms with van der Waals surface area (Å²) in [5.74, 6) is 0.294. The fraction of sp³-hybridized carbons (Fsp3) is 0.429. The Bertz CT molecular complexity index is 697. The van der Waals surface area contributed by atoms with Crippen molar-refractivity contribution in [3.63, 3.8) is 0 Å². The molecule has 0 aromatic heterocycles. The second-order valence-corrected chi connectivity index (χ2v) is 7.27. The Morgan fingerprint density at radius 2 is 2.00 bits per heavy atom. The molecule has 0 aliphatic carbocycles. The van der Waals surface area contributed by atoms with E-state index in [1.54, 1.807) is 12.1 Å². The van der Waals surface area contributed by atoms with Gasteiger partial charge in [-0.3, -0.25) is 4.90 Å². The number of hydrogen-bond donors (Lipinski definition) is 1. The van der Waals surface area contributed by atoms with E-state index in [0.29, 0.717) is 18.0 Å². The van der Waals surface area contributed by atoms with Crippen molar-refractivity contribution in [2.45, 2.75) is 44.3 Å². The van der Waals surface area contributed by atoms with Gasteiger partial charge in [0.1, 0.15) is 5.82 Å². The topological polar surface area (TPSA) is 15.3 Å². The van der Waals surface area contributed by atoms with Gasteiger partial charge in [-0.1, -0.05) is 42.0 Å². The molecule has 0 bridgehead atoms. The van der Waals surface area contributed by atoms with E-state index in [2.05, 4.69) is 41.4 Å². The van der Waals surface area contributed by atoms with Gasteiger partial charge in [0.15, 0.2) is 0 Å². The third kappa shape index (κ3) is 3.11. The van der Waals surface area contributed by atoms with Crippen molar-refractivity contribution in [1.82, 2.24) is 10.2 Å². The van der Waals surface area contributed by atoms with Crippen LogP contribution in [-0.2, 0) is 6.54 Å². The minimum absolute atomic E-state index is 0.151. The lowest BCUT2D eigenvalue weighted by atomic mass is 9.86. The Kier molecular flexibility index (Phi) is 4.38. The summed E-state index contributed by atoms with van der Waals surface area (Å²) in [6, 6.07) is 17.0. The van der Waals surface area contributed by atoms with Crippen LogP contribution in [0.4, 0.5) is 4.39 Å². The normalized spacial score (nSPS) is 27.2. The molecule has 0 saturated carbocycles. The van der Waals surface area contributed by atoms with Crippen molar-refractivity contribution in [3.8, 4) is 0 Å². The average Bonchev–Trinajstić information content (AvgIpc) is 3.01. The molecular formula is C21H25FN2. The highest BCUT2D eigenvalue weighted by atomic mass is 19.1. The molecule has 2 heterocycles. The van der Waals surface area contributed by atoms with Crippen molar-refractivity contribution in [1.29, 1.82) is 0 Å². The molecule has 0 spiro atoms. The summed E-state index contributed by atoms with van der Waals surface area (Å²) < 4.78 is 13.3. The van der Waals surface area contributed by atoms with E-state index in [4.69, 9.17) is 0 Å². The number of nitrogens with one attached hydrogen (secondary N) is 1. The first-order valence-corrected chi connectivity index (χ1v) is 8.99. The van der Waals surface area contributed by atoms with Crippen molar-refractivity contribution in [2.24, 2.45) is 0 Å². The highest BCUT2D eigenvalue weighted by Gasteiger charge is 2.42. The van der Waals surface area contributed by atoms with Crippen LogP contribution in [0, 0.1) is 12.7 Å². The summed E-state index contributed by atoms with van der Waals surface area (Å²) in [5, 5.41) is 3.71. The largest absolute Gasteiger partial charge is 0.312 e. The maximum absolute atomic E-state index is 13.3. The van der Waals surface area contributed by atoms with E-state index in [-0.39, 0.29) is 5.82 Å². The van der Waals surface area contributed by atoms with E-state index in [9.17, 15) is 4.39 Å². The number of fused-ring (bicyclic) bond motifs is 1. The molecule has 2 fully saturated rings. The van der Waals surface area contributed by atoms with E-state index < -0.39 is 0 Å². The van der Waals surface area contributed by atoms with Gasteiger partial charge >= 0.3 is 0 Å². The maximum Gasteiger partial charge on any atom is 0.123 e. The molecule has 2 aliphatic heterocycles. The van der Waals surface area contributed by atoms with Gasteiger partial charge in [0.05, 0.1) is 0 Å². The fourth-order valence-electron chi connectivity index (χ4n) is 4.50. The minimum atomic E-state index is -0.151. The number of benzene rings is 2. The van der Waals surface area contributed by atoms with Crippen molar-refractivity contribution in [3.05, 3.63) is 71.0 Å². The number of piperidine rings is 1. The predicted molar refractivity (Wildman–Crippen MR) is 95.5 cm³/mol. The maximum atomic E-state index is 13.3. The van der Waals surface area contributed by atoms with Crippen LogP contribution in [0.5, 0.6) is 0 Å². The van der Waals surface area contributed by atoms with Crippen LogP contribution < -0.4 is 5.32 Å². The Morgan fingerprint density at radius 3 is 2.79 bits per heavy atom. The molecule has 1 N–H and O–H groups in total.